The predicted molar refractivity (Wildman–Crippen MR) is 92.3 cm³/mol. The molecule has 5 heteroatoms. The van der Waals surface area contributed by atoms with Crippen molar-refractivity contribution in [1.82, 2.24) is 15.6 Å². The molecular weight excluding hydrogens is 276 g/mol. The van der Waals surface area contributed by atoms with Crippen LogP contribution in [0.2, 0.25) is 0 Å². The van der Waals surface area contributed by atoms with Gasteiger partial charge in [-0.3, -0.25) is 4.99 Å². The third-order valence-corrected chi connectivity index (χ3v) is 3.21. The van der Waals surface area contributed by atoms with Gasteiger partial charge in [0.1, 0.15) is 0 Å². The minimum Gasteiger partial charge on any atom is -0.477 e. The highest BCUT2D eigenvalue weighted by Gasteiger charge is 2.05. The van der Waals surface area contributed by atoms with Gasteiger partial charge in [0.2, 0.25) is 5.88 Å². The molecule has 0 aliphatic rings. The Hall–Kier alpha value is -1.78. The van der Waals surface area contributed by atoms with E-state index in [4.69, 9.17) is 4.74 Å². The van der Waals surface area contributed by atoms with Crippen molar-refractivity contribution in [2.45, 2.75) is 46.6 Å². The van der Waals surface area contributed by atoms with Crippen LogP contribution in [0.15, 0.2) is 23.3 Å². The van der Waals surface area contributed by atoms with Crippen molar-refractivity contribution >= 4 is 5.96 Å². The second-order valence-electron chi connectivity index (χ2n) is 5.70. The topological polar surface area (TPSA) is 58.5 Å². The second-order valence-corrected chi connectivity index (χ2v) is 5.70. The third-order valence-electron chi connectivity index (χ3n) is 3.21. The number of ether oxygens (including phenoxy) is 1. The number of nitrogens with one attached hydrogen (secondary N) is 2. The maximum Gasteiger partial charge on any atom is 0.218 e. The van der Waals surface area contributed by atoms with Crippen molar-refractivity contribution < 1.29 is 4.74 Å². The van der Waals surface area contributed by atoms with E-state index in [2.05, 4.69) is 41.4 Å². The van der Waals surface area contributed by atoms with E-state index >= 15 is 0 Å². The molecule has 0 atom stereocenters. The third kappa shape index (κ3) is 7.29. The average Bonchev–Trinajstić information content (AvgIpc) is 2.52. The number of hydrogen-bond donors (Lipinski definition) is 2. The van der Waals surface area contributed by atoms with E-state index < -0.39 is 0 Å². The van der Waals surface area contributed by atoms with Crippen LogP contribution >= 0.6 is 0 Å². The summed E-state index contributed by atoms with van der Waals surface area (Å²) in [7, 11) is 1.79. The highest BCUT2D eigenvalue weighted by molar-refractivity contribution is 5.79. The molecular formula is C17H30N4O. The lowest BCUT2D eigenvalue weighted by Crippen LogP contribution is -2.37. The number of hydrogen-bond acceptors (Lipinski definition) is 3. The molecule has 0 aliphatic carbocycles. The van der Waals surface area contributed by atoms with E-state index in [9.17, 15) is 0 Å². The molecule has 0 aromatic carbocycles. The quantitative estimate of drug-likeness (QED) is 0.418. The summed E-state index contributed by atoms with van der Waals surface area (Å²) in [5.74, 6) is 2.26. The largest absolute Gasteiger partial charge is 0.477 e. The summed E-state index contributed by atoms with van der Waals surface area (Å²) in [4.78, 5) is 8.54. The summed E-state index contributed by atoms with van der Waals surface area (Å²) in [6.45, 7) is 8.84. The molecule has 0 saturated carbocycles. The minimum atomic E-state index is 0.650. The Morgan fingerprint density at radius 1 is 1.36 bits per heavy atom. The molecule has 0 saturated heterocycles. The first-order valence-corrected chi connectivity index (χ1v) is 8.18. The predicted octanol–water partition coefficient (Wildman–Crippen LogP) is 2.97. The first kappa shape index (κ1) is 18.3. The molecule has 124 valence electrons. The molecule has 0 bridgehead atoms. The highest BCUT2D eigenvalue weighted by Crippen LogP contribution is 2.14. The van der Waals surface area contributed by atoms with E-state index in [1.165, 1.54) is 6.42 Å². The molecule has 0 aliphatic heterocycles. The zero-order valence-corrected chi connectivity index (χ0v) is 14.4. The van der Waals surface area contributed by atoms with Gasteiger partial charge in [-0.25, -0.2) is 4.98 Å². The van der Waals surface area contributed by atoms with Crippen molar-refractivity contribution in [2.75, 3.05) is 20.2 Å². The summed E-state index contributed by atoms with van der Waals surface area (Å²) in [5, 5.41) is 6.64. The van der Waals surface area contributed by atoms with Crippen molar-refractivity contribution in [2.24, 2.45) is 10.9 Å². The van der Waals surface area contributed by atoms with Crippen LogP contribution in [0.4, 0.5) is 0 Å². The monoisotopic (exact) mass is 306 g/mol. The van der Waals surface area contributed by atoms with Gasteiger partial charge >= 0.3 is 0 Å². The van der Waals surface area contributed by atoms with Crippen LogP contribution in [-0.2, 0) is 6.54 Å². The lowest BCUT2D eigenvalue weighted by Gasteiger charge is -2.14. The molecule has 1 aromatic heterocycles. The van der Waals surface area contributed by atoms with Gasteiger partial charge in [0.15, 0.2) is 5.96 Å². The van der Waals surface area contributed by atoms with Gasteiger partial charge in [-0.15, -0.1) is 0 Å². The summed E-state index contributed by atoms with van der Waals surface area (Å²) >= 11 is 0. The summed E-state index contributed by atoms with van der Waals surface area (Å²) in [6, 6.07) is 3.95. The molecule has 22 heavy (non-hydrogen) atoms. The fourth-order valence-electron chi connectivity index (χ4n) is 2.00. The minimum absolute atomic E-state index is 0.650. The lowest BCUT2D eigenvalue weighted by atomic mass is 10.1. The van der Waals surface area contributed by atoms with Gasteiger partial charge < -0.3 is 15.4 Å². The molecule has 0 fully saturated rings. The molecule has 0 radical (unpaired) electrons. The molecule has 0 spiro atoms. The van der Waals surface area contributed by atoms with Gasteiger partial charge in [0.25, 0.3) is 0 Å². The highest BCUT2D eigenvalue weighted by atomic mass is 16.5. The lowest BCUT2D eigenvalue weighted by molar-refractivity contribution is 0.301. The van der Waals surface area contributed by atoms with Crippen LogP contribution in [0.5, 0.6) is 5.88 Å². The Morgan fingerprint density at radius 2 is 2.18 bits per heavy atom. The second kappa shape index (κ2) is 10.9. The Bertz CT molecular complexity index is 446. The number of guanidine groups is 1. The van der Waals surface area contributed by atoms with Crippen molar-refractivity contribution in [1.29, 1.82) is 0 Å². The summed E-state index contributed by atoms with van der Waals surface area (Å²) < 4.78 is 5.67. The average molecular weight is 306 g/mol. The van der Waals surface area contributed by atoms with Crippen molar-refractivity contribution in [3.05, 3.63) is 23.9 Å². The van der Waals surface area contributed by atoms with Crippen molar-refractivity contribution in [3.63, 3.8) is 0 Å². The van der Waals surface area contributed by atoms with Crippen molar-refractivity contribution in [3.8, 4) is 5.88 Å². The first-order chi connectivity index (χ1) is 10.7. The first-order valence-electron chi connectivity index (χ1n) is 8.18. The zero-order chi connectivity index (χ0) is 16.2. The maximum absolute atomic E-state index is 5.67. The smallest absolute Gasteiger partial charge is 0.218 e. The van der Waals surface area contributed by atoms with Crippen LogP contribution in [-0.4, -0.2) is 31.1 Å². The van der Waals surface area contributed by atoms with Crippen LogP contribution in [0.3, 0.4) is 0 Å². The van der Waals surface area contributed by atoms with Crippen LogP contribution in [0, 0.1) is 5.92 Å². The molecule has 2 N–H and O–H groups in total. The zero-order valence-electron chi connectivity index (χ0n) is 14.4. The van der Waals surface area contributed by atoms with Crippen LogP contribution in [0.25, 0.3) is 0 Å². The van der Waals surface area contributed by atoms with Gasteiger partial charge in [-0.2, -0.15) is 0 Å². The molecule has 1 heterocycles. The maximum atomic E-state index is 5.67. The van der Waals surface area contributed by atoms with Gasteiger partial charge in [0.05, 0.1) is 6.61 Å². The summed E-state index contributed by atoms with van der Waals surface area (Å²) in [5.41, 5.74) is 1.04. The van der Waals surface area contributed by atoms with Crippen LogP contribution < -0.4 is 15.4 Å². The number of aromatic nitrogens is 1. The van der Waals surface area contributed by atoms with E-state index in [0.717, 1.165) is 36.8 Å². The van der Waals surface area contributed by atoms with E-state index in [1.54, 1.807) is 13.2 Å². The molecule has 0 unspecified atom stereocenters. The van der Waals surface area contributed by atoms with Gasteiger partial charge in [-0.05, 0) is 31.2 Å². The fraction of sp³-hybridized carbons (Fsp3) is 0.647. The SMILES string of the molecule is CCCOc1ncccc1CNC(=NC)NCCCC(C)C. The Kier molecular flexibility index (Phi) is 9.03. The number of pyridine rings is 1. The number of nitrogens with zero attached hydrogens (tertiary/aromatic N) is 2. The van der Waals surface area contributed by atoms with E-state index in [-0.39, 0.29) is 0 Å². The normalized spacial score (nSPS) is 11.6. The van der Waals surface area contributed by atoms with E-state index in [0.29, 0.717) is 19.0 Å². The Balaban J connectivity index is 2.43. The van der Waals surface area contributed by atoms with E-state index in [1.807, 2.05) is 12.1 Å². The Morgan fingerprint density at radius 3 is 2.86 bits per heavy atom. The molecule has 1 rings (SSSR count). The standard InChI is InChI=1S/C17H30N4O/c1-5-12-22-16-15(9-7-10-19-16)13-21-17(18-4)20-11-6-8-14(2)3/h7,9-10,14H,5-6,8,11-13H2,1-4H3,(H2,18,20,21). The summed E-state index contributed by atoms with van der Waals surface area (Å²) in [6.07, 6.45) is 5.10. The molecule has 5 nitrogen and oxygen atoms in total. The molecule has 1 aromatic rings. The number of rotatable bonds is 9. The fourth-order valence-corrected chi connectivity index (χ4v) is 2.00. The Labute approximate surface area is 134 Å². The van der Waals surface area contributed by atoms with Gasteiger partial charge in [-0.1, -0.05) is 26.8 Å². The molecule has 0 amide bonds. The van der Waals surface area contributed by atoms with Gasteiger partial charge in [0, 0.05) is 31.9 Å². The number of aliphatic imine (C=N–C) groups is 1. The van der Waals surface area contributed by atoms with Crippen LogP contribution in [0.1, 0.15) is 45.6 Å².